The van der Waals surface area contributed by atoms with Gasteiger partial charge in [0.2, 0.25) is 0 Å². The van der Waals surface area contributed by atoms with Crippen LogP contribution in [0.2, 0.25) is 0 Å². The summed E-state index contributed by atoms with van der Waals surface area (Å²) in [6.07, 6.45) is 0. The van der Waals surface area contributed by atoms with Crippen molar-refractivity contribution in [1.82, 2.24) is 0 Å². The molecule has 0 spiro atoms. The molecular weight excluding hydrogens is 675 g/mol. The van der Waals surface area contributed by atoms with Crippen LogP contribution in [0.25, 0.3) is 66.4 Å². The van der Waals surface area contributed by atoms with Crippen molar-refractivity contribution in [2.24, 2.45) is 0 Å². The molecule has 9 aromatic carbocycles. The topological polar surface area (TPSA) is 3.24 Å². The molecule has 0 saturated heterocycles. The highest BCUT2D eigenvalue weighted by Gasteiger charge is 2.37. The second kappa shape index (κ2) is 13.7. The van der Waals surface area contributed by atoms with Gasteiger partial charge in [0.15, 0.2) is 0 Å². The van der Waals surface area contributed by atoms with E-state index in [1.807, 2.05) is 127 Å². The third-order valence-electron chi connectivity index (χ3n) is 11.0. The van der Waals surface area contributed by atoms with Crippen LogP contribution in [-0.4, -0.2) is 0 Å². The fourth-order valence-electron chi connectivity index (χ4n) is 8.19. The van der Waals surface area contributed by atoms with E-state index in [0.717, 1.165) is 55.3 Å². The van der Waals surface area contributed by atoms with Crippen LogP contribution in [0, 0.1) is 0 Å². The van der Waals surface area contributed by atoms with E-state index in [9.17, 15) is 11.0 Å². The Morgan fingerprint density at radius 2 is 0.875 bits per heavy atom. The fourth-order valence-corrected chi connectivity index (χ4v) is 8.19. The van der Waals surface area contributed by atoms with Gasteiger partial charge in [-0.1, -0.05) is 184 Å². The van der Waals surface area contributed by atoms with Gasteiger partial charge in [-0.05, 0) is 120 Å². The first kappa shape index (κ1) is 26.0. The average molecular weight is 724 g/mol. The summed E-state index contributed by atoms with van der Waals surface area (Å²) in [7, 11) is 0. The zero-order valence-corrected chi connectivity index (χ0v) is 31.0. The van der Waals surface area contributed by atoms with Gasteiger partial charge in [-0.3, -0.25) is 0 Å². The van der Waals surface area contributed by atoms with Crippen molar-refractivity contribution in [3.8, 4) is 55.6 Å². The maximum Gasteiger partial charge on any atom is 0.0645 e. The molecule has 0 heterocycles. The van der Waals surface area contributed by atoms with E-state index >= 15 is 0 Å². The van der Waals surface area contributed by atoms with Crippen molar-refractivity contribution < 1.29 is 11.0 Å². The first-order valence-electron chi connectivity index (χ1n) is 22.9. The number of nitrogens with zero attached hydrogens (tertiary/aromatic N) is 1. The molecule has 0 fully saturated rings. The highest BCUT2D eigenvalue weighted by molar-refractivity contribution is 5.90. The Kier molecular flexibility index (Phi) is 6.36. The second-order valence-corrected chi connectivity index (χ2v) is 14.7. The van der Waals surface area contributed by atoms with Crippen LogP contribution in [0.4, 0.5) is 17.1 Å². The molecule has 0 unspecified atom stereocenters. The van der Waals surface area contributed by atoms with E-state index in [-0.39, 0.29) is 70.8 Å². The quantitative estimate of drug-likeness (QED) is 0.158. The maximum atomic E-state index is 9.75. The average Bonchev–Trinajstić information content (AvgIpc) is 3.56. The van der Waals surface area contributed by atoms with E-state index < -0.39 is 5.41 Å². The van der Waals surface area contributed by atoms with Crippen molar-refractivity contribution in [2.75, 3.05) is 4.90 Å². The summed E-state index contributed by atoms with van der Waals surface area (Å²) in [5.74, 6) is 0. The number of hydrogen-bond donors (Lipinski definition) is 0. The van der Waals surface area contributed by atoms with Crippen molar-refractivity contribution in [1.29, 1.82) is 0 Å². The van der Waals surface area contributed by atoms with Gasteiger partial charge in [0.05, 0.1) is 11.0 Å². The largest absolute Gasteiger partial charge is 0.310 e. The zero-order valence-electron chi connectivity index (χ0n) is 39.0. The first-order valence-corrected chi connectivity index (χ1v) is 18.9. The van der Waals surface area contributed by atoms with E-state index in [4.69, 9.17) is 0 Å². The van der Waals surface area contributed by atoms with Crippen LogP contribution in [-0.2, 0) is 5.41 Å². The third kappa shape index (κ3) is 5.90. The number of benzene rings is 9. The molecule has 0 saturated carbocycles. The Morgan fingerprint density at radius 3 is 1.62 bits per heavy atom. The molecule has 0 radical (unpaired) electrons. The minimum absolute atomic E-state index is 0.111. The van der Waals surface area contributed by atoms with E-state index in [2.05, 4.69) is 32.0 Å². The van der Waals surface area contributed by atoms with Crippen molar-refractivity contribution in [3.63, 3.8) is 0 Å². The molecule has 1 aliphatic rings. The van der Waals surface area contributed by atoms with Gasteiger partial charge in [0.1, 0.15) is 0 Å². The molecule has 0 aliphatic heterocycles. The number of hydrogen-bond acceptors (Lipinski definition) is 1. The molecule has 9 aromatic rings. The predicted molar refractivity (Wildman–Crippen MR) is 238 cm³/mol. The van der Waals surface area contributed by atoms with Gasteiger partial charge in [-0.25, -0.2) is 0 Å². The lowest BCUT2D eigenvalue weighted by atomic mass is 9.79. The van der Waals surface area contributed by atoms with E-state index in [1.54, 1.807) is 18.2 Å². The normalized spacial score (nSPS) is 14.6. The predicted octanol–water partition coefficient (Wildman–Crippen LogP) is 15.3. The third-order valence-corrected chi connectivity index (χ3v) is 11.0. The van der Waals surface area contributed by atoms with Crippen molar-refractivity contribution >= 4 is 27.8 Å². The van der Waals surface area contributed by atoms with Gasteiger partial charge < -0.3 is 4.90 Å². The molecule has 0 atom stereocenters. The molecule has 0 bridgehead atoms. The lowest BCUT2D eigenvalue weighted by Gasteiger charge is -2.27. The van der Waals surface area contributed by atoms with Gasteiger partial charge in [-0.15, -0.1) is 0 Å². The minimum Gasteiger partial charge on any atom is -0.310 e. The summed E-state index contributed by atoms with van der Waals surface area (Å²) < 4.78 is 76.9. The van der Waals surface area contributed by atoms with Crippen LogP contribution < -0.4 is 4.90 Å². The molecule has 10 rings (SSSR count). The molecule has 0 amide bonds. The van der Waals surface area contributed by atoms with Crippen molar-refractivity contribution in [3.05, 3.63) is 223 Å². The minimum atomic E-state index is -0.501. The number of rotatable bonds is 7. The Hall–Kier alpha value is -6.96. The van der Waals surface area contributed by atoms with Crippen molar-refractivity contribution in [2.45, 2.75) is 19.3 Å². The molecule has 0 aromatic heterocycles. The Labute approximate surface area is 341 Å². The van der Waals surface area contributed by atoms with Gasteiger partial charge in [0, 0.05) is 22.5 Å². The van der Waals surface area contributed by atoms with Crippen LogP contribution >= 0.6 is 0 Å². The standard InChI is InChI=1S/C55H41N/c1-55(2)53-21-9-8-18-51(53)52-20-11-19-50(54(52)55)43-30-34-48(35-31-43)56(49-17-10-16-45(37-49)46-27-26-39-14-6-7-15-44(39)36-46)47-32-28-42(29-33-47)41-24-22-40(23-25-41)38-12-4-3-5-13-38/h3-37H,1-2H3/i28D,29D,30D,31D,32D,33D,34D,35D. The lowest BCUT2D eigenvalue weighted by molar-refractivity contribution is 0.662. The van der Waals surface area contributed by atoms with Gasteiger partial charge in [-0.2, -0.15) is 0 Å². The Balaban J connectivity index is 1.19. The Morgan fingerprint density at radius 1 is 0.357 bits per heavy atom. The molecule has 1 aliphatic carbocycles. The van der Waals surface area contributed by atoms with E-state index in [1.165, 1.54) is 4.90 Å². The zero-order chi connectivity index (χ0) is 44.6. The molecular formula is C55H41N. The molecule has 1 heteroatoms. The highest BCUT2D eigenvalue weighted by atomic mass is 15.1. The summed E-state index contributed by atoms with van der Waals surface area (Å²) in [5, 5.41) is 2.10. The SMILES string of the molecule is [2H]c1c([2H])c(N(c2cccc(-c3ccc4ccccc4c3)c2)c2c([2H])c([2H])c(-c3cccc4c3C(C)(C)c3ccccc3-4)c([2H])c2[2H])c([2H])c([2H])c1-c1ccc(-c2ccccc2)cc1. The number of fused-ring (bicyclic) bond motifs is 4. The molecule has 56 heavy (non-hydrogen) atoms. The molecule has 266 valence electrons. The lowest BCUT2D eigenvalue weighted by Crippen LogP contribution is -2.16. The first-order chi connectivity index (χ1) is 30.9. The van der Waals surface area contributed by atoms with Gasteiger partial charge >= 0.3 is 0 Å². The smallest absolute Gasteiger partial charge is 0.0645 e. The number of anilines is 3. The summed E-state index contributed by atoms with van der Waals surface area (Å²) >= 11 is 0. The fraction of sp³-hybridized carbons (Fsp3) is 0.0545. The molecule has 0 N–H and O–H groups in total. The second-order valence-electron chi connectivity index (χ2n) is 14.7. The highest BCUT2D eigenvalue weighted by Crippen LogP contribution is 2.52. The van der Waals surface area contributed by atoms with E-state index in [0.29, 0.717) is 16.8 Å². The molecule has 1 nitrogen and oxygen atoms in total. The maximum absolute atomic E-state index is 9.75. The Bertz CT molecular complexity index is 3280. The van der Waals surface area contributed by atoms with Crippen LogP contribution in [0.15, 0.2) is 212 Å². The summed E-state index contributed by atoms with van der Waals surface area (Å²) in [4.78, 5) is 1.38. The summed E-state index contributed by atoms with van der Waals surface area (Å²) in [6, 6.07) is 49.9. The van der Waals surface area contributed by atoms with Crippen LogP contribution in [0.3, 0.4) is 0 Å². The van der Waals surface area contributed by atoms with Gasteiger partial charge in [0.25, 0.3) is 0 Å². The van der Waals surface area contributed by atoms with Crippen LogP contribution in [0.1, 0.15) is 35.9 Å². The monoisotopic (exact) mass is 723 g/mol. The summed E-state index contributed by atoms with van der Waals surface area (Å²) in [5.41, 5.74) is 8.47. The van der Waals surface area contributed by atoms with Crippen LogP contribution in [0.5, 0.6) is 0 Å². The summed E-state index contributed by atoms with van der Waals surface area (Å²) in [6.45, 7) is 4.22.